The van der Waals surface area contributed by atoms with E-state index in [1.807, 2.05) is 0 Å². The van der Waals surface area contributed by atoms with E-state index in [4.69, 9.17) is 14.5 Å². The van der Waals surface area contributed by atoms with Gasteiger partial charge in [-0.05, 0) is 30.8 Å². The fourth-order valence-electron chi connectivity index (χ4n) is 3.92. The first-order chi connectivity index (χ1) is 12.9. The highest BCUT2D eigenvalue weighted by Gasteiger charge is 2.40. The van der Waals surface area contributed by atoms with Crippen LogP contribution in [0.5, 0.6) is 11.5 Å². The van der Waals surface area contributed by atoms with E-state index in [0.717, 1.165) is 5.56 Å². The van der Waals surface area contributed by atoms with E-state index >= 15 is 0 Å². The molecule has 3 aliphatic heterocycles. The van der Waals surface area contributed by atoms with Gasteiger partial charge in [0.15, 0.2) is 0 Å². The van der Waals surface area contributed by atoms with E-state index < -0.39 is 25.1 Å². The van der Waals surface area contributed by atoms with Crippen molar-refractivity contribution in [2.24, 2.45) is 0 Å². The van der Waals surface area contributed by atoms with E-state index in [9.17, 15) is 19.7 Å². The summed E-state index contributed by atoms with van der Waals surface area (Å²) in [5.41, 5.74) is 0.690. The largest absolute Gasteiger partial charge is 0.535 e. The van der Waals surface area contributed by atoms with Gasteiger partial charge in [0, 0.05) is 25.7 Å². The molecule has 2 atom stereocenters. The zero-order valence-corrected chi connectivity index (χ0v) is 14.6. The molecule has 10 heteroatoms. The van der Waals surface area contributed by atoms with Crippen molar-refractivity contribution in [1.82, 2.24) is 10.2 Å². The lowest BCUT2D eigenvalue weighted by atomic mass is 9.78. The van der Waals surface area contributed by atoms with Gasteiger partial charge < -0.3 is 29.9 Å². The summed E-state index contributed by atoms with van der Waals surface area (Å²) in [6, 6.07) is 3.05. The van der Waals surface area contributed by atoms with Crippen LogP contribution < -0.4 is 14.7 Å². The minimum absolute atomic E-state index is 0.0572. The number of nitrogens with one attached hydrogen (secondary N) is 1. The van der Waals surface area contributed by atoms with Gasteiger partial charge >= 0.3 is 19.1 Å². The number of hydrogen-bond donors (Lipinski definition) is 4. The van der Waals surface area contributed by atoms with Crippen LogP contribution in [-0.4, -0.2) is 77.0 Å². The fraction of sp³-hybridized carbons (Fsp3) is 0.529. The number of rotatable bonds is 5. The van der Waals surface area contributed by atoms with Crippen LogP contribution in [-0.2, 0) is 11.2 Å². The van der Waals surface area contributed by atoms with Crippen LogP contribution in [0.3, 0.4) is 0 Å². The Bertz CT molecular complexity index is 768. The highest BCUT2D eigenvalue weighted by atomic mass is 16.5. The second-order valence-corrected chi connectivity index (χ2v) is 7.23. The number of aromatic carboxylic acids is 1. The molecule has 0 aliphatic carbocycles. The monoisotopic (exact) mass is 376 g/mol. The van der Waals surface area contributed by atoms with Crippen LogP contribution in [0.2, 0.25) is 6.32 Å². The summed E-state index contributed by atoms with van der Waals surface area (Å²) in [4.78, 5) is 24.9. The number of ether oxygens (including phenoxy) is 1. The summed E-state index contributed by atoms with van der Waals surface area (Å²) in [5.74, 6) is -1.59. The molecule has 0 amide bonds. The maximum absolute atomic E-state index is 11.7. The van der Waals surface area contributed by atoms with Crippen LogP contribution in [0.25, 0.3) is 0 Å². The topological polar surface area (TPSA) is 129 Å². The number of carboxylic acid groups (broad SMARTS) is 2. The van der Waals surface area contributed by atoms with E-state index in [-0.39, 0.29) is 29.2 Å². The molecule has 9 nitrogen and oxygen atoms in total. The third-order valence-corrected chi connectivity index (χ3v) is 5.42. The van der Waals surface area contributed by atoms with Crippen molar-refractivity contribution in [3.05, 3.63) is 23.3 Å². The van der Waals surface area contributed by atoms with Gasteiger partial charge in [-0.1, -0.05) is 6.07 Å². The Hall–Kier alpha value is -2.30. The number of aryl methyl sites for hydroxylation is 1. The maximum atomic E-state index is 11.7. The molecule has 0 saturated carbocycles. The smallest absolute Gasteiger partial charge is 0.522 e. The summed E-state index contributed by atoms with van der Waals surface area (Å²) < 4.78 is 11.2. The maximum Gasteiger partial charge on any atom is 0.522 e. The number of carboxylic acids is 2. The van der Waals surface area contributed by atoms with Crippen LogP contribution >= 0.6 is 0 Å². The summed E-state index contributed by atoms with van der Waals surface area (Å²) in [5, 5.41) is 31.3. The lowest BCUT2D eigenvalue weighted by molar-refractivity contribution is -0.139. The van der Waals surface area contributed by atoms with Crippen molar-refractivity contribution >= 4 is 19.1 Å². The third-order valence-electron chi connectivity index (χ3n) is 5.42. The zero-order chi connectivity index (χ0) is 19.1. The molecule has 27 heavy (non-hydrogen) atoms. The molecule has 0 bridgehead atoms. The van der Waals surface area contributed by atoms with Crippen molar-refractivity contribution in [2.75, 3.05) is 19.6 Å². The highest BCUT2D eigenvalue weighted by molar-refractivity contribution is 6.44. The number of benzene rings is 1. The van der Waals surface area contributed by atoms with Gasteiger partial charge in [0.05, 0.1) is 0 Å². The minimum atomic E-state index is -1.16. The predicted molar refractivity (Wildman–Crippen MR) is 94.3 cm³/mol. The Kier molecular flexibility index (Phi) is 4.71. The lowest BCUT2D eigenvalue weighted by Crippen LogP contribution is -2.58. The van der Waals surface area contributed by atoms with E-state index in [0.29, 0.717) is 38.8 Å². The molecule has 0 spiro atoms. The van der Waals surface area contributed by atoms with Crippen LogP contribution in [0.15, 0.2) is 12.1 Å². The molecule has 3 aliphatic rings. The molecular weight excluding hydrogens is 355 g/mol. The molecule has 0 aromatic heterocycles. The lowest BCUT2D eigenvalue weighted by Gasteiger charge is -2.42. The Morgan fingerprint density at radius 2 is 2.07 bits per heavy atom. The molecule has 0 radical (unpaired) electrons. The molecule has 2 saturated heterocycles. The second-order valence-electron chi connectivity index (χ2n) is 7.23. The average Bonchev–Trinajstić information content (AvgIpc) is 3.06. The normalized spacial score (nSPS) is 25.4. The van der Waals surface area contributed by atoms with Gasteiger partial charge in [-0.2, -0.15) is 0 Å². The molecule has 1 aromatic rings. The van der Waals surface area contributed by atoms with Gasteiger partial charge in [-0.25, -0.2) is 4.79 Å². The fourth-order valence-corrected chi connectivity index (χ4v) is 3.92. The molecule has 4 N–H and O–H groups in total. The predicted octanol–water partition coefficient (Wildman–Crippen LogP) is -0.322. The molecule has 2 fully saturated rings. The molecule has 3 heterocycles. The van der Waals surface area contributed by atoms with E-state index in [2.05, 4.69) is 10.2 Å². The van der Waals surface area contributed by atoms with Crippen LogP contribution in [0, 0.1) is 0 Å². The zero-order valence-electron chi connectivity index (χ0n) is 14.6. The molecular formula is C17H21BN2O7. The van der Waals surface area contributed by atoms with Crippen molar-refractivity contribution < 1.29 is 34.2 Å². The van der Waals surface area contributed by atoms with Gasteiger partial charge in [0.2, 0.25) is 0 Å². The van der Waals surface area contributed by atoms with E-state index in [1.54, 1.807) is 12.1 Å². The first kappa shape index (κ1) is 18.1. The first-order valence-electron chi connectivity index (χ1n) is 9.03. The van der Waals surface area contributed by atoms with Gasteiger partial charge in [-0.15, -0.1) is 0 Å². The number of likely N-dealkylation sites (tertiary alicyclic amines) is 1. The van der Waals surface area contributed by atoms with Crippen molar-refractivity contribution in [1.29, 1.82) is 0 Å². The summed E-state index contributed by atoms with van der Waals surface area (Å²) in [6.45, 7) is 1.84. The molecule has 144 valence electrons. The Morgan fingerprint density at radius 1 is 1.30 bits per heavy atom. The molecule has 1 aromatic carbocycles. The number of aliphatic carboxylic acids is 1. The Labute approximate surface area is 156 Å². The third kappa shape index (κ3) is 3.47. The summed E-state index contributed by atoms with van der Waals surface area (Å²) in [6.07, 6.45) is 1.36. The summed E-state index contributed by atoms with van der Waals surface area (Å²) in [7, 11) is -1.01. The number of fused-ring (bicyclic) bond motifs is 1. The van der Waals surface area contributed by atoms with Gasteiger partial charge in [0.25, 0.3) is 0 Å². The number of carbonyl (C=O) groups is 2. The summed E-state index contributed by atoms with van der Waals surface area (Å²) >= 11 is 0. The van der Waals surface area contributed by atoms with Crippen molar-refractivity contribution in [3.8, 4) is 11.5 Å². The second kappa shape index (κ2) is 7.03. The van der Waals surface area contributed by atoms with Crippen LogP contribution in [0.4, 0.5) is 0 Å². The van der Waals surface area contributed by atoms with Crippen molar-refractivity contribution in [3.63, 3.8) is 0 Å². The van der Waals surface area contributed by atoms with E-state index in [1.165, 1.54) is 0 Å². The quantitative estimate of drug-likeness (QED) is 0.511. The van der Waals surface area contributed by atoms with Gasteiger partial charge in [0.1, 0.15) is 29.2 Å². The average molecular weight is 376 g/mol. The Balaban J connectivity index is 1.42. The number of nitrogens with zero attached hydrogens (tertiary/aromatic N) is 1. The SMILES string of the molecule is O=C(O)c1c(OC2CN([C@H]3CN[C@H](C(=O)O)C3)C2)ccc2c1OB(O)CC2. The van der Waals surface area contributed by atoms with Crippen molar-refractivity contribution in [2.45, 2.75) is 37.3 Å². The van der Waals surface area contributed by atoms with Gasteiger partial charge in [-0.3, -0.25) is 9.69 Å². The molecule has 0 unspecified atom stereocenters. The highest BCUT2D eigenvalue weighted by Crippen LogP contribution is 2.37. The molecule has 4 rings (SSSR count). The minimum Gasteiger partial charge on any atom is -0.535 e. The Morgan fingerprint density at radius 3 is 2.74 bits per heavy atom. The standard InChI is InChI=1S/C17H21BN2O7/c21-16(22)12-5-10(6-19-12)20-7-11(8-20)26-13-2-1-9-3-4-18(25)27-15(9)14(13)17(23)24/h1-2,10-12,19,25H,3-8H2,(H,21,22)(H,23,24)/t10-,12+/m1/s1. The van der Waals surface area contributed by atoms with Crippen LogP contribution in [0.1, 0.15) is 22.3 Å². The first-order valence-corrected chi connectivity index (χ1v) is 9.03. The number of hydrogen-bond acceptors (Lipinski definition) is 7.